The van der Waals surface area contributed by atoms with E-state index in [4.69, 9.17) is 4.74 Å². The van der Waals surface area contributed by atoms with E-state index in [1.165, 1.54) is 6.21 Å². The van der Waals surface area contributed by atoms with E-state index >= 15 is 0 Å². The van der Waals surface area contributed by atoms with E-state index in [1.54, 1.807) is 12.1 Å². The highest BCUT2D eigenvalue weighted by Gasteiger charge is 2.21. The molecule has 0 unspecified atom stereocenters. The van der Waals surface area contributed by atoms with Crippen molar-refractivity contribution in [2.45, 2.75) is 20.5 Å². The third-order valence-corrected chi connectivity index (χ3v) is 5.87. The van der Waals surface area contributed by atoms with Crippen molar-refractivity contribution in [3.05, 3.63) is 95.1 Å². The first kappa shape index (κ1) is 24.0. The van der Waals surface area contributed by atoms with Crippen LogP contribution >= 0.6 is 0 Å². The molecule has 3 aromatic rings. The summed E-state index contributed by atoms with van der Waals surface area (Å²) < 4.78 is 31.6. The second kappa shape index (κ2) is 10.8. The van der Waals surface area contributed by atoms with Gasteiger partial charge in [-0.05, 0) is 54.8 Å². The summed E-state index contributed by atoms with van der Waals surface area (Å²) in [6.07, 6.45) is 2.54. The van der Waals surface area contributed by atoms with Gasteiger partial charge in [0.05, 0.1) is 18.2 Å². The van der Waals surface area contributed by atoms with Crippen LogP contribution in [0.2, 0.25) is 0 Å². The second-order valence-electron chi connectivity index (χ2n) is 7.72. The van der Waals surface area contributed by atoms with Gasteiger partial charge < -0.3 is 4.74 Å². The predicted octanol–water partition coefficient (Wildman–Crippen LogP) is 3.80. The fraction of sp³-hybridized carbons (Fsp3) is 0.200. The Labute approximate surface area is 194 Å². The van der Waals surface area contributed by atoms with Crippen molar-refractivity contribution in [3.8, 4) is 5.75 Å². The van der Waals surface area contributed by atoms with Crippen molar-refractivity contribution in [3.63, 3.8) is 0 Å². The zero-order valence-electron chi connectivity index (χ0n) is 18.9. The standard InChI is InChI=1S/C25H27N3O4S/c1-19-13-20(2)15-23(14-19)28(33(3,30)31)17-25(29)27-26-16-22-11-7-8-12-24(22)32-18-21-9-5-4-6-10-21/h4-16H,17-18H2,1-3H3,(H,27,29). The SMILES string of the molecule is Cc1cc(C)cc(N(CC(=O)NN=Cc2ccccc2OCc2ccccc2)S(C)(=O)=O)c1. The van der Waals surface area contributed by atoms with Crippen LogP contribution in [0.15, 0.2) is 77.9 Å². The Hall–Kier alpha value is -3.65. The molecule has 0 atom stereocenters. The number of hydrazone groups is 1. The van der Waals surface area contributed by atoms with Crippen LogP contribution in [0, 0.1) is 13.8 Å². The number of sulfonamides is 1. The number of nitrogens with zero attached hydrogens (tertiary/aromatic N) is 2. The number of nitrogens with one attached hydrogen (secondary N) is 1. The Kier molecular flexibility index (Phi) is 7.84. The highest BCUT2D eigenvalue weighted by molar-refractivity contribution is 7.92. The summed E-state index contributed by atoms with van der Waals surface area (Å²) in [6.45, 7) is 3.76. The molecule has 1 amide bonds. The zero-order valence-corrected chi connectivity index (χ0v) is 19.7. The van der Waals surface area contributed by atoms with Crippen molar-refractivity contribution in [1.82, 2.24) is 5.43 Å². The lowest BCUT2D eigenvalue weighted by Gasteiger charge is -2.22. The zero-order chi connectivity index (χ0) is 23.8. The molecule has 3 aromatic carbocycles. The van der Waals surface area contributed by atoms with Gasteiger partial charge in [0.15, 0.2) is 0 Å². The Bertz CT molecular complexity index is 1220. The van der Waals surface area contributed by atoms with Gasteiger partial charge in [0.1, 0.15) is 18.9 Å². The summed E-state index contributed by atoms with van der Waals surface area (Å²) in [5, 5.41) is 4.00. The predicted molar refractivity (Wildman–Crippen MR) is 131 cm³/mol. The molecule has 33 heavy (non-hydrogen) atoms. The number of carbonyl (C=O) groups is 1. The van der Waals surface area contributed by atoms with Gasteiger partial charge >= 0.3 is 0 Å². The van der Waals surface area contributed by atoms with E-state index in [0.29, 0.717) is 23.6 Å². The molecule has 7 nitrogen and oxygen atoms in total. The van der Waals surface area contributed by atoms with Gasteiger partial charge in [-0.2, -0.15) is 5.10 Å². The van der Waals surface area contributed by atoms with Crippen molar-refractivity contribution in [2.24, 2.45) is 5.10 Å². The van der Waals surface area contributed by atoms with Crippen LogP contribution in [0.4, 0.5) is 5.69 Å². The maximum atomic E-state index is 12.5. The molecule has 0 spiro atoms. The monoisotopic (exact) mass is 465 g/mol. The lowest BCUT2D eigenvalue weighted by atomic mass is 10.1. The molecule has 0 aliphatic rings. The number of hydrogen-bond acceptors (Lipinski definition) is 5. The van der Waals surface area contributed by atoms with Crippen LogP contribution in [0.25, 0.3) is 0 Å². The molecule has 0 heterocycles. The number of carbonyl (C=O) groups excluding carboxylic acids is 1. The number of ether oxygens (including phenoxy) is 1. The molecule has 0 fully saturated rings. The third kappa shape index (κ3) is 7.18. The first-order valence-corrected chi connectivity index (χ1v) is 12.2. The Morgan fingerprint density at radius 2 is 1.64 bits per heavy atom. The minimum Gasteiger partial charge on any atom is -0.488 e. The topological polar surface area (TPSA) is 88.1 Å². The first-order valence-electron chi connectivity index (χ1n) is 10.4. The van der Waals surface area contributed by atoms with E-state index in [1.807, 2.05) is 74.5 Å². The molecule has 0 aliphatic heterocycles. The van der Waals surface area contributed by atoms with Crippen molar-refractivity contribution in [2.75, 3.05) is 17.1 Å². The van der Waals surface area contributed by atoms with Gasteiger partial charge in [0.2, 0.25) is 10.0 Å². The van der Waals surface area contributed by atoms with Crippen LogP contribution in [0.1, 0.15) is 22.3 Å². The first-order chi connectivity index (χ1) is 15.7. The number of benzene rings is 3. The van der Waals surface area contributed by atoms with Gasteiger partial charge in [-0.3, -0.25) is 9.10 Å². The number of rotatable bonds is 9. The number of anilines is 1. The fourth-order valence-electron chi connectivity index (χ4n) is 3.29. The van der Waals surface area contributed by atoms with Gasteiger partial charge in [0, 0.05) is 5.56 Å². The Morgan fingerprint density at radius 3 is 2.30 bits per heavy atom. The molecule has 8 heteroatoms. The van der Waals surface area contributed by atoms with Crippen molar-refractivity contribution >= 4 is 27.8 Å². The van der Waals surface area contributed by atoms with Crippen LogP contribution in [-0.4, -0.2) is 33.3 Å². The molecule has 0 saturated carbocycles. The van der Waals surface area contributed by atoms with E-state index in [0.717, 1.165) is 27.3 Å². The molecular formula is C25H27N3O4S. The summed E-state index contributed by atoms with van der Waals surface area (Å²) in [5.41, 5.74) is 6.37. The number of para-hydroxylation sites is 1. The van der Waals surface area contributed by atoms with E-state index in [-0.39, 0.29) is 6.54 Å². The molecule has 0 radical (unpaired) electrons. The number of amides is 1. The van der Waals surface area contributed by atoms with Crippen molar-refractivity contribution < 1.29 is 17.9 Å². The summed E-state index contributed by atoms with van der Waals surface area (Å²) in [7, 11) is -3.66. The highest BCUT2D eigenvalue weighted by Crippen LogP contribution is 2.21. The summed E-state index contributed by atoms with van der Waals surface area (Å²) >= 11 is 0. The maximum Gasteiger partial charge on any atom is 0.260 e. The van der Waals surface area contributed by atoms with E-state index in [2.05, 4.69) is 10.5 Å². The Balaban J connectivity index is 1.66. The highest BCUT2D eigenvalue weighted by atomic mass is 32.2. The molecule has 172 valence electrons. The third-order valence-electron chi connectivity index (χ3n) is 4.73. The minimum atomic E-state index is -3.66. The quantitative estimate of drug-likeness (QED) is 0.385. The molecular weight excluding hydrogens is 438 g/mol. The van der Waals surface area contributed by atoms with Gasteiger partial charge in [-0.1, -0.05) is 48.5 Å². The normalized spacial score (nSPS) is 11.4. The molecule has 0 aromatic heterocycles. The summed E-state index contributed by atoms with van der Waals surface area (Å²) in [5.74, 6) is 0.0610. The average molecular weight is 466 g/mol. The average Bonchev–Trinajstić information content (AvgIpc) is 2.76. The molecule has 1 N–H and O–H groups in total. The second-order valence-corrected chi connectivity index (χ2v) is 9.63. The van der Waals surface area contributed by atoms with E-state index < -0.39 is 15.9 Å². The largest absolute Gasteiger partial charge is 0.488 e. The smallest absolute Gasteiger partial charge is 0.260 e. The number of hydrogen-bond donors (Lipinski definition) is 1. The van der Waals surface area contributed by atoms with Crippen LogP contribution in [0.5, 0.6) is 5.75 Å². The minimum absolute atomic E-state index is 0.384. The number of aryl methyl sites for hydroxylation is 2. The summed E-state index contributed by atoms with van der Waals surface area (Å²) in [4.78, 5) is 12.5. The van der Waals surface area contributed by atoms with Crippen LogP contribution in [-0.2, 0) is 21.4 Å². The summed E-state index contributed by atoms with van der Waals surface area (Å²) in [6, 6.07) is 22.5. The Morgan fingerprint density at radius 1 is 1.00 bits per heavy atom. The molecule has 3 rings (SSSR count). The van der Waals surface area contributed by atoms with Crippen LogP contribution in [0.3, 0.4) is 0 Å². The molecule has 0 saturated heterocycles. The van der Waals surface area contributed by atoms with Gasteiger partial charge in [-0.25, -0.2) is 13.8 Å². The van der Waals surface area contributed by atoms with Crippen molar-refractivity contribution in [1.29, 1.82) is 0 Å². The lowest BCUT2D eigenvalue weighted by Crippen LogP contribution is -2.39. The molecule has 0 bridgehead atoms. The van der Waals surface area contributed by atoms with E-state index in [9.17, 15) is 13.2 Å². The van der Waals surface area contributed by atoms with Gasteiger partial charge in [0.25, 0.3) is 5.91 Å². The van der Waals surface area contributed by atoms with Crippen LogP contribution < -0.4 is 14.5 Å². The maximum absolute atomic E-state index is 12.5. The molecule has 0 aliphatic carbocycles. The lowest BCUT2D eigenvalue weighted by molar-refractivity contribution is -0.119. The van der Waals surface area contributed by atoms with Gasteiger partial charge in [-0.15, -0.1) is 0 Å². The fourth-order valence-corrected chi connectivity index (χ4v) is 4.13.